The van der Waals surface area contributed by atoms with Gasteiger partial charge in [-0.2, -0.15) is 0 Å². The number of aliphatic hydroxyl groups is 1. The number of esters is 1. The summed E-state index contributed by atoms with van der Waals surface area (Å²) < 4.78 is 11.2. The molecule has 27 heavy (non-hydrogen) atoms. The average Bonchev–Trinajstić information content (AvgIpc) is 2.46. The van der Waals surface area contributed by atoms with Crippen LogP contribution in [-0.4, -0.2) is 33.0 Å². The fraction of sp³-hybridized carbons (Fsp3) is 0.381. The number of benzene rings is 2. The van der Waals surface area contributed by atoms with E-state index in [9.17, 15) is 20.1 Å². The van der Waals surface area contributed by atoms with Gasteiger partial charge in [0.1, 0.15) is 29.1 Å². The Labute approximate surface area is 159 Å². The molecule has 0 radical (unpaired) electrons. The number of phenols is 2. The topological polar surface area (TPSA) is 96.2 Å². The third-order valence-electron chi connectivity index (χ3n) is 4.17. The van der Waals surface area contributed by atoms with E-state index >= 15 is 0 Å². The lowest BCUT2D eigenvalue weighted by Gasteiger charge is -2.29. The summed E-state index contributed by atoms with van der Waals surface area (Å²) in [5.41, 5.74) is 0.956. The van der Waals surface area contributed by atoms with Gasteiger partial charge in [-0.1, -0.05) is 0 Å². The minimum atomic E-state index is -1.27. The molecule has 6 heteroatoms. The molecule has 0 aliphatic rings. The number of aryl methyl sites for hydroxylation is 2. The quantitative estimate of drug-likeness (QED) is 0.667. The van der Waals surface area contributed by atoms with Gasteiger partial charge in [0.25, 0.3) is 0 Å². The number of ether oxygens (including phenoxy) is 2. The second-order valence-electron chi connectivity index (χ2n) is 7.30. The van der Waals surface area contributed by atoms with Crippen molar-refractivity contribution in [3.8, 4) is 23.0 Å². The minimum absolute atomic E-state index is 0.0235. The molecule has 0 bridgehead atoms. The predicted molar refractivity (Wildman–Crippen MR) is 101 cm³/mol. The van der Waals surface area contributed by atoms with E-state index in [1.54, 1.807) is 39.0 Å². The van der Waals surface area contributed by atoms with E-state index in [0.717, 1.165) is 11.1 Å². The Kier molecular flexibility index (Phi) is 6.01. The highest BCUT2D eigenvalue weighted by atomic mass is 16.6. The Balaban J connectivity index is 2.45. The van der Waals surface area contributed by atoms with E-state index in [4.69, 9.17) is 9.47 Å². The summed E-state index contributed by atoms with van der Waals surface area (Å²) in [4.78, 5) is 11.4. The summed E-state index contributed by atoms with van der Waals surface area (Å²) in [6.45, 7) is 8.04. The lowest BCUT2D eigenvalue weighted by atomic mass is 9.92. The van der Waals surface area contributed by atoms with Crippen molar-refractivity contribution in [2.24, 2.45) is 0 Å². The fourth-order valence-electron chi connectivity index (χ4n) is 2.85. The molecular weight excluding hydrogens is 348 g/mol. The zero-order valence-electron chi connectivity index (χ0n) is 16.2. The molecule has 0 heterocycles. The second kappa shape index (κ2) is 7.88. The molecule has 1 unspecified atom stereocenters. The molecule has 2 aromatic carbocycles. The standard InChI is InChI=1S/C21H26O6/c1-12-6-15(23)9-17(7-12)27-19-10-16(24)8-13(2)18(19)11-20(21(4,5)25)26-14(3)22/h6-10,20,23-25H,11H2,1-5H3. The second-order valence-corrected chi connectivity index (χ2v) is 7.30. The van der Waals surface area contributed by atoms with Crippen molar-refractivity contribution in [2.45, 2.75) is 52.7 Å². The Bertz CT molecular complexity index is 815. The molecule has 6 nitrogen and oxygen atoms in total. The smallest absolute Gasteiger partial charge is 0.303 e. The van der Waals surface area contributed by atoms with Crippen LogP contribution in [0.25, 0.3) is 0 Å². The van der Waals surface area contributed by atoms with E-state index in [2.05, 4.69) is 0 Å². The molecule has 0 saturated carbocycles. The SMILES string of the molecule is CC(=O)OC(Cc1c(C)cc(O)cc1Oc1cc(C)cc(O)c1)C(C)(C)O. The van der Waals surface area contributed by atoms with Gasteiger partial charge in [0.05, 0.1) is 5.60 Å². The number of hydrogen-bond acceptors (Lipinski definition) is 6. The molecular formula is C21H26O6. The summed E-state index contributed by atoms with van der Waals surface area (Å²) in [6, 6.07) is 7.85. The molecule has 0 aliphatic carbocycles. The van der Waals surface area contributed by atoms with Crippen molar-refractivity contribution in [3.63, 3.8) is 0 Å². The van der Waals surface area contributed by atoms with Crippen LogP contribution >= 0.6 is 0 Å². The highest BCUT2D eigenvalue weighted by Crippen LogP contribution is 2.35. The van der Waals surface area contributed by atoms with Crippen molar-refractivity contribution < 1.29 is 29.6 Å². The lowest BCUT2D eigenvalue weighted by Crippen LogP contribution is -2.41. The van der Waals surface area contributed by atoms with E-state index in [0.29, 0.717) is 17.1 Å². The normalized spacial score (nSPS) is 12.5. The van der Waals surface area contributed by atoms with Crippen molar-refractivity contribution in [1.82, 2.24) is 0 Å². The summed E-state index contributed by atoms with van der Waals surface area (Å²) in [7, 11) is 0. The molecule has 0 aliphatic heterocycles. The van der Waals surface area contributed by atoms with Crippen LogP contribution in [-0.2, 0) is 16.0 Å². The Hall–Kier alpha value is -2.73. The van der Waals surface area contributed by atoms with Gasteiger partial charge in [-0.15, -0.1) is 0 Å². The number of carbonyl (C=O) groups is 1. The molecule has 146 valence electrons. The van der Waals surface area contributed by atoms with Gasteiger partial charge in [0, 0.05) is 31.0 Å². The maximum Gasteiger partial charge on any atom is 0.303 e. The third kappa shape index (κ3) is 5.62. The third-order valence-corrected chi connectivity index (χ3v) is 4.17. The van der Waals surface area contributed by atoms with Gasteiger partial charge in [-0.25, -0.2) is 0 Å². The van der Waals surface area contributed by atoms with Crippen LogP contribution < -0.4 is 4.74 Å². The Morgan fingerprint density at radius 2 is 1.70 bits per heavy atom. The van der Waals surface area contributed by atoms with Crippen molar-refractivity contribution >= 4 is 5.97 Å². The van der Waals surface area contributed by atoms with Gasteiger partial charge < -0.3 is 24.8 Å². The van der Waals surface area contributed by atoms with Gasteiger partial charge in [0.15, 0.2) is 0 Å². The lowest BCUT2D eigenvalue weighted by molar-refractivity contribution is -0.159. The number of phenolic OH excluding ortho intramolecular Hbond substituents is 2. The van der Waals surface area contributed by atoms with Crippen molar-refractivity contribution in [3.05, 3.63) is 47.0 Å². The van der Waals surface area contributed by atoms with E-state index in [-0.39, 0.29) is 17.9 Å². The number of carbonyl (C=O) groups excluding carboxylic acids is 1. The zero-order valence-corrected chi connectivity index (χ0v) is 16.2. The number of rotatable bonds is 6. The summed E-state index contributed by atoms with van der Waals surface area (Å²) in [6.07, 6.45) is -0.603. The Morgan fingerprint density at radius 1 is 1.07 bits per heavy atom. The Morgan fingerprint density at radius 3 is 2.26 bits per heavy atom. The first-order chi connectivity index (χ1) is 12.5. The number of aromatic hydroxyl groups is 2. The maximum atomic E-state index is 11.4. The van der Waals surface area contributed by atoms with Crippen LogP contribution in [0, 0.1) is 13.8 Å². The summed E-state index contributed by atoms with van der Waals surface area (Å²) in [5.74, 6) is 0.364. The highest BCUT2D eigenvalue weighted by molar-refractivity contribution is 5.66. The molecule has 1 atom stereocenters. The van der Waals surface area contributed by atoms with Crippen LogP contribution in [0.4, 0.5) is 0 Å². The molecule has 0 fully saturated rings. The van der Waals surface area contributed by atoms with E-state index in [1.165, 1.54) is 19.1 Å². The average molecular weight is 374 g/mol. The first-order valence-corrected chi connectivity index (χ1v) is 8.66. The zero-order chi connectivity index (χ0) is 20.4. The monoisotopic (exact) mass is 374 g/mol. The van der Waals surface area contributed by atoms with E-state index in [1.807, 2.05) is 6.92 Å². The predicted octanol–water partition coefficient (Wildman–Crippen LogP) is 3.75. The van der Waals surface area contributed by atoms with Gasteiger partial charge in [-0.3, -0.25) is 4.79 Å². The van der Waals surface area contributed by atoms with Crippen molar-refractivity contribution in [2.75, 3.05) is 0 Å². The van der Waals surface area contributed by atoms with Gasteiger partial charge >= 0.3 is 5.97 Å². The molecule has 0 aromatic heterocycles. The highest BCUT2D eigenvalue weighted by Gasteiger charge is 2.31. The molecule has 2 aromatic rings. The molecule has 0 amide bonds. The van der Waals surface area contributed by atoms with Gasteiger partial charge in [0.2, 0.25) is 0 Å². The number of hydrogen-bond donors (Lipinski definition) is 3. The van der Waals surface area contributed by atoms with Crippen LogP contribution in [0.15, 0.2) is 30.3 Å². The minimum Gasteiger partial charge on any atom is -0.508 e. The largest absolute Gasteiger partial charge is 0.508 e. The summed E-state index contributed by atoms with van der Waals surface area (Å²) in [5, 5.41) is 30.1. The van der Waals surface area contributed by atoms with E-state index < -0.39 is 17.7 Å². The van der Waals surface area contributed by atoms with Crippen LogP contribution in [0.5, 0.6) is 23.0 Å². The summed E-state index contributed by atoms with van der Waals surface area (Å²) >= 11 is 0. The molecule has 2 rings (SSSR count). The fourth-order valence-corrected chi connectivity index (χ4v) is 2.85. The van der Waals surface area contributed by atoms with Gasteiger partial charge in [-0.05, 0) is 57.0 Å². The van der Waals surface area contributed by atoms with Crippen LogP contribution in [0.2, 0.25) is 0 Å². The molecule has 0 saturated heterocycles. The van der Waals surface area contributed by atoms with Crippen molar-refractivity contribution in [1.29, 1.82) is 0 Å². The first-order valence-electron chi connectivity index (χ1n) is 8.66. The molecule has 3 N–H and O–H groups in total. The first kappa shape index (κ1) is 20.6. The maximum absolute atomic E-state index is 11.4. The van der Waals surface area contributed by atoms with Crippen LogP contribution in [0.1, 0.15) is 37.5 Å². The van der Waals surface area contributed by atoms with Crippen LogP contribution in [0.3, 0.4) is 0 Å². The molecule has 0 spiro atoms.